The molecule has 3 aliphatic heterocycles. The Bertz CT molecular complexity index is 1900. The molecule has 66 heavy (non-hydrogen) atoms. The molecular weight excluding hydrogens is 861 g/mol. The Hall–Kier alpha value is -3.51. The molecular formula is C58H82CrO7. The van der Waals surface area contributed by atoms with Gasteiger partial charge in [0.05, 0.1) is 14.2 Å². The topological polar surface area (TPSA) is 92.3 Å². The SMILES string of the molecule is C1CCOC1.C1CCOC1.C1CCOC1.COc1c2cc(C(C)(C)C)cc1Cc1cc(C(C)(C)C)cc(c1[O-])Cc1cc(C(C)(C)C)cc(c1OC)Cc1cc(C(C)(C)C)cc(c1[O-])C2.[Cr+2]. The predicted octanol–water partition coefficient (Wildman–Crippen LogP) is 12.1. The van der Waals surface area contributed by atoms with Crippen LogP contribution in [0.4, 0.5) is 0 Å². The second-order valence-corrected chi connectivity index (χ2v) is 22.6. The van der Waals surface area contributed by atoms with Crippen LogP contribution in [0.1, 0.15) is 188 Å². The Kier molecular flexibility index (Phi) is 19.8. The van der Waals surface area contributed by atoms with Crippen LogP contribution in [0.15, 0.2) is 48.5 Å². The van der Waals surface area contributed by atoms with E-state index in [1.165, 1.54) is 38.5 Å². The monoisotopic (exact) mass is 943 g/mol. The molecule has 8 rings (SSSR count). The molecule has 0 atom stereocenters. The standard InChI is InChI=1S/C46H60O4.3C4H8O.Cr/c1-43(2,3)35-19-27-15-31-23-37(45(7,8)9)25-33(41(31)49-13)17-29-21-36(44(4,5)6)22-30(40(29)48)18-34-26-38(46(10,11)12)24-32(42(34)50-14)16-28(20-35)39(27)47;3*1-2-4-5-3-1;/h19-26,47-48H,15-18H2,1-14H3;3*1-4H2;/q;;;;+2/p-2. The fourth-order valence-electron chi connectivity index (χ4n) is 8.68. The van der Waals surface area contributed by atoms with E-state index in [1.54, 1.807) is 14.2 Å². The summed E-state index contributed by atoms with van der Waals surface area (Å²) in [6, 6.07) is 17.2. The van der Waals surface area contributed by atoms with E-state index < -0.39 is 0 Å². The minimum Gasteiger partial charge on any atom is -0.872 e. The van der Waals surface area contributed by atoms with Gasteiger partial charge in [0.25, 0.3) is 0 Å². The molecule has 3 saturated heterocycles. The fraction of sp³-hybridized carbons (Fsp3) is 0.586. The van der Waals surface area contributed by atoms with E-state index in [4.69, 9.17) is 23.7 Å². The summed E-state index contributed by atoms with van der Waals surface area (Å²) in [5.41, 5.74) is 10.8. The van der Waals surface area contributed by atoms with Gasteiger partial charge >= 0.3 is 17.4 Å². The van der Waals surface area contributed by atoms with Crippen LogP contribution in [0.3, 0.4) is 0 Å². The van der Waals surface area contributed by atoms with Crippen molar-refractivity contribution in [3.63, 3.8) is 0 Å². The summed E-state index contributed by atoms with van der Waals surface area (Å²) in [6.45, 7) is 32.4. The molecule has 3 heterocycles. The van der Waals surface area contributed by atoms with Gasteiger partial charge in [-0.15, -0.1) is 11.5 Å². The van der Waals surface area contributed by atoms with Crippen molar-refractivity contribution in [3.05, 3.63) is 115 Å². The van der Waals surface area contributed by atoms with E-state index in [-0.39, 0.29) is 50.5 Å². The zero-order valence-electron chi connectivity index (χ0n) is 43.2. The number of methoxy groups -OCH3 is 2. The quantitative estimate of drug-likeness (QED) is 0.174. The number of ether oxygens (including phenoxy) is 5. The van der Waals surface area contributed by atoms with Gasteiger partial charge in [-0.2, -0.15) is 0 Å². The predicted molar refractivity (Wildman–Crippen MR) is 264 cm³/mol. The second-order valence-electron chi connectivity index (χ2n) is 22.6. The van der Waals surface area contributed by atoms with Gasteiger partial charge in [0.15, 0.2) is 0 Å². The molecule has 0 saturated carbocycles. The first-order valence-electron chi connectivity index (χ1n) is 24.3. The largest absolute Gasteiger partial charge is 2.00 e. The Balaban J connectivity index is 0.000000500. The molecule has 8 bridgehead atoms. The fourth-order valence-corrected chi connectivity index (χ4v) is 8.68. The summed E-state index contributed by atoms with van der Waals surface area (Å²) in [4.78, 5) is 0. The van der Waals surface area contributed by atoms with Crippen LogP contribution in [-0.2, 0) is 78.9 Å². The van der Waals surface area contributed by atoms with E-state index in [1.807, 2.05) is 0 Å². The van der Waals surface area contributed by atoms with Crippen molar-refractivity contribution in [1.82, 2.24) is 0 Å². The molecule has 0 unspecified atom stereocenters. The second kappa shape index (κ2) is 23.7. The van der Waals surface area contributed by atoms with Crippen LogP contribution in [0.5, 0.6) is 23.0 Å². The van der Waals surface area contributed by atoms with Gasteiger partial charge in [-0.3, -0.25) is 0 Å². The first-order chi connectivity index (χ1) is 30.5. The summed E-state index contributed by atoms with van der Waals surface area (Å²) >= 11 is 0. The maximum absolute atomic E-state index is 14.6. The molecule has 4 aromatic carbocycles. The Morgan fingerprint density at radius 3 is 0.667 bits per heavy atom. The summed E-state index contributed by atoms with van der Waals surface area (Å²) < 4.78 is 27.2. The van der Waals surface area contributed by atoms with Crippen LogP contribution in [-0.4, -0.2) is 53.9 Å². The molecule has 4 aromatic rings. The normalized spacial score (nSPS) is 16.1. The van der Waals surface area contributed by atoms with Crippen LogP contribution in [0.2, 0.25) is 0 Å². The van der Waals surface area contributed by atoms with Crippen molar-refractivity contribution in [2.45, 2.75) is 169 Å². The van der Waals surface area contributed by atoms with E-state index in [0.29, 0.717) is 25.7 Å². The van der Waals surface area contributed by atoms with Crippen LogP contribution in [0, 0.1) is 0 Å². The molecule has 1 aliphatic carbocycles. The number of hydrogen-bond donors (Lipinski definition) is 0. The third-order valence-electron chi connectivity index (χ3n) is 12.8. The van der Waals surface area contributed by atoms with Gasteiger partial charge in [0.1, 0.15) is 11.5 Å². The minimum absolute atomic E-state index is 0. The van der Waals surface area contributed by atoms with Crippen LogP contribution in [0.25, 0.3) is 0 Å². The molecule has 8 heteroatoms. The maximum atomic E-state index is 14.6. The number of fused-ring (bicyclic) bond motifs is 8. The molecule has 0 radical (unpaired) electrons. The zero-order chi connectivity index (χ0) is 47.7. The molecule has 3 fully saturated rings. The molecule has 4 aliphatic rings. The number of benzene rings is 4. The Morgan fingerprint density at radius 1 is 0.348 bits per heavy atom. The maximum Gasteiger partial charge on any atom is 2.00 e. The first kappa shape index (κ1) is 55.1. The van der Waals surface area contributed by atoms with Crippen LogP contribution < -0.4 is 19.7 Å². The van der Waals surface area contributed by atoms with Gasteiger partial charge in [-0.05, 0) is 105 Å². The molecule has 362 valence electrons. The Labute approximate surface area is 410 Å². The third-order valence-corrected chi connectivity index (χ3v) is 12.8. The molecule has 0 aromatic heterocycles. The van der Waals surface area contributed by atoms with E-state index >= 15 is 0 Å². The van der Waals surface area contributed by atoms with Gasteiger partial charge < -0.3 is 33.9 Å². The average molecular weight is 943 g/mol. The molecule has 7 nitrogen and oxygen atoms in total. The van der Waals surface area contributed by atoms with Gasteiger partial charge in [0, 0.05) is 65.3 Å². The van der Waals surface area contributed by atoms with Gasteiger partial charge in [0.2, 0.25) is 0 Å². The van der Waals surface area contributed by atoms with Crippen molar-refractivity contribution in [3.8, 4) is 23.0 Å². The van der Waals surface area contributed by atoms with Crippen molar-refractivity contribution in [2.75, 3.05) is 53.9 Å². The summed E-state index contributed by atoms with van der Waals surface area (Å²) in [5.74, 6) is 1.61. The summed E-state index contributed by atoms with van der Waals surface area (Å²) in [5, 5.41) is 29.2. The average Bonchev–Trinajstić information content (AvgIpc) is 4.07. The summed E-state index contributed by atoms with van der Waals surface area (Å²) in [7, 11) is 3.40. The van der Waals surface area contributed by atoms with Crippen molar-refractivity contribution >= 4 is 0 Å². The molecule has 0 spiro atoms. The van der Waals surface area contributed by atoms with Gasteiger partial charge in [-0.25, -0.2) is 0 Å². The molecule has 0 amide bonds. The number of rotatable bonds is 2. The summed E-state index contributed by atoms with van der Waals surface area (Å²) in [6.07, 6.45) is 9.38. The zero-order valence-corrected chi connectivity index (χ0v) is 44.5. The van der Waals surface area contributed by atoms with Crippen molar-refractivity contribution in [1.29, 1.82) is 0 Å². The van der Waals surface area contributed by atoms with Crippen molar-refractivity contribution < 1.29 is 51.3 Å². The number of hydrogen-bond acceptors (Lipinski definition) is 7. The molecule has 0 N–H and O–H groups in total. The van der Waals surface area contributed by atoms with E-state index in [2.05, 4.69) is 132 Å². The minimum atomic E-state index is -0.166. The van der Waals surface area contributed by atoms with Crippen molar-refractivity contribution in [2.24, 2.45) is 0 Å². The first-order valence-corrected chi connectivity index (χ1v) is 24.3. The third kappa shape index (κ3) is 15.0. The van der Waals surface area contributed by atoms with Gasteiger partial charge in [-0.1, -0.05) is 154 Å². The smallest absolute Gasteiger partial charge is 0.872 e. The van der Waals surface area contributed by atoms with E-state index in [0.717, 1.165) is 118 Å². The van der Waals surface area contributed by atoms with Crippen LogP contribution >= 0.6 is 0 Å². The Morgan fingerprint density at radius 2 is 0.530 bits per heavy atom. The van der Waals surface area contributed by atoms with E-state index in [9.17, 15) is 10.2 Å².